The third-order valence-corrected chi connectivity index (χ3v) is 8.48. The number of nitrogens with two attached hydrogens (primary N) is 2. The molecule has 0 aromatic rings. The molecular weight excluding hydrogens is 670 g/mol. The van der Waals surface area contributed by atoms with Gasteiger partial charge in [0.05, 0.1) is 13.1 Å². The van der Waals surface area contributed by atoms with Crippen LogP contribution in [0, 0.1) is 17.8 Å². The zero-order valence-electron chi connectivity index (χ0n) is 30.2. The first-order chi connectivity index (χ1) is 23.8. The number of aliphatic carboxylic acids is 1. The third-order valence-electron chi connectivity index (χ3n) is 8.48. The van der Waals surface area contributed by atoms with Gasteiger partial charge >= 0.3 is 5.97 Å². The van der Waals surface area contributed by atoms with Crippen molar-refractivity contribution in [2.24, 2.45) is 29.2 Å². The van der Waals surface area contributed by atoms with E-state index in [4.69, 9.17) is 16.6 Å². The molecule has 6 atom stereocenters. The number of primary amides is 1. The van der Waals surface area contributed by atoms with Crippen molar-refractivity contribution in [3.63, 3.8) is 0 Å². The molecule has 1 saturated heterocycles. The van der Waals surface area contributed by atoms with E-state index in [1.54, 1.807) is 41.5 Å². The van der Waals surface area contributed by atoms with Crippen LogP contribution in [-0.4, -0.2) is 120 Å². The van der Waals surface area contributed by atoms with Crippen LogP contribution in [0.5, 0.6) is 0 Å². The molecule has 8 amide bonds. The van der Waals surface area contributed by atoms with E-state index in [9.17, 15) is 43.2 Å². The Labute approximate surface area is 297 Å². The minimum absolute atomic E-state index is 0.147. The largest absolute Gasteiger partial charge is 0.480 e. The number of carbonyl (C=O) groups is 9. The molecular formula is C32H55N9O10. The molecule has 288 valence electrons. The van der Waals surface area contributed by atoms with E-state index in [0.717, 1.165) is 0 Å². The number of carbonyl (C=O) groups excluding carboxylic acids is 8. The van der Waals surface area contributed by atoms with Crippen molar-refractivity contribution >= 4 is 53.2 Å². The van der Waals surface area contributed by atoms with Gasteiger partial charge in [0.1, 0.15) is 36.8 Å². The highest BCUT2D eigenvalue weighted by Gasteiger charge is 2.39. The van der Waals surface area contributed by atoms with Gasteiger partial charge in [-0.05, 0) is 37.0 Å². The molecule has 0 aromatic heterocycles. The summed E-state index contributed by atoms with van der Waals surface area (Å²) in [4.78, 5) is 115. The molecule has 19 heteroatoms. The Bertz CT molecular complexity index is 1290. The van der Waals surface area contributed by atoms with Crippen LogP contribution in [0.2, 0.25) is 0 Å². The van der Waals surface area contributed by atoms with Crippen LogP contribution in [-0.2, 0) is 43.2 Å². The first-order valence-electron chi connectivity index (χ1n) is 17.1. The van der Waals surface area contributed by atoms with Crippen molar-refractivity contribution in [3.8, 4) is 0 Å². The standard InChI is InChI=1S/C32H55N9O10/c1-7-18(6)27(40-30(49)25(16(2)3)38-23(44)14-35-22(43)13-33)31(50)39-26(17(4)5)29(48)37-19(10-11-21(34)42)32(51)41-12-8-9-20(41)28(47)36-15-24(45)46/h16-20,25-27H,7-15,33H2,1-6H3,(H2,34,42)(H,35,43)(H,36,47)(H,37,48)(H,38,44)(H,39,50)(H,40,49)(H,45,46)/t18-,19-,20-,25-,26-,27-/m0/s1. The van der Waals surface area contributed by atoms with Gasteiger partial charge in [-0.3, -0.25) is 43.2 Å². The summed E-state index contributed by atoms with van der Waals surface area (Å²) in [5.41, 5.74) is 10.6. The maximum absolute atomic E-state index is 13.7. The third kappa shape index (κ3) is 14.5. The predicted octanol–water partition coefficient (Wildman–Crippen LogP) is -3.18. The number of carboxylic acids is 1. The number of rotatable bonds is 21. The van der Waals surface area contributed by atoms with Crippen molar-refractivity contribution in [2.75, 3.05) is 26.2 Å². The maximum atomic E-state index is 13.7. The molecule has 11 N–H and O–H groups in total. The Balaban J connectivity index is 3.20. The van der Waals surface area contributed by atoms with E-state index in [0.29, 0.717) is 12.8 Å². The van der Waals surface area contributed by atoms with Gasteiger partial charge in [0.15, 0.2) is 0 Å². The highest BCUT2D eigenvalue weighted by Crippen LogP contribution is 2.20. The molecule has 19 nitrogen and oxygen atoms in total. The van der Waals surface area contributed by atoms with Gasteiger partial charge in [-0.25, -0.2) is 0 Å². The molecule has 51 heavy (non-hydrogen) atoms. The van der Waals surface area contributed by atoms with E-state index in [-0.39, 0.29) is 32.4 Å². The van der Waals surface area contributed by atoms with Crippen LogP contribution in [0.25, 0.3) is 0 Å². The minimum Gasteiger partial charge on any atom is -0.480 e. The number of hydrogen-bond acceptors (Lipinski definition) is 10. The van der Waals surface area contributed by atoms with Gasteiger partial charge in [0, 0.05) is 13.0 Å². The maximum Gasteiger partial charge on any atom is 0.322 e. The summed E-state index contributed by atoms with van der Waals surface area (Å²) in [6.45, 7) is 8.96. The zero-order valence-corrected chi connectivity index (χ0v) is 30.2. The fourth-order valence-corrected chi connectivity index (χ4v) is 5.32. The smallest absolute Gasteiger partial charge is 0.322 e. The van der Waals surface area contributed by atoms with Crippen LogP contribution in [0.4, 0.5) is 0 Å². The van der Waals surface area contributed by atoms with Crippen molar-refractivity contribution < 1.29 is 48.3 Å². The summed E-state index contributed by atoms with van der Waals surface area (Å²) in [6.07, 6.45) is 0.651. The fourth-order valence-electron chi connectivity index (χ4n) is 5.32. The molecule has 0 radical (unpaired) electrons. The Morgan fingerprint density at radius 3 is 1.84 bits per heavy atom. The topological polar surface area (TPSA) is 301 Å². The van der Waals surface area contributed by atoms with Crippen LogP contribution in [0.15, 0.2) is 0 Å². The van der Waals surface area contributed by atoms with E-state index >= 15 is 0 Å². The second kappa shape index (κ2) is 21.4. The summed E-state index contributed by atoms with van der Waals surface area (Å²) in [5, 5.41) is 24.0. The van der Waals surface area contributed by atoms with Crippen molar-refractivity contribution in [1.82, 2.24) is 36.8 Å². The van der Waals surface area contributed by atoms with Gasteiger partial charge in [0.2, 0.25) is 47.3 Å². The SMILES string of the molecule is CC[C@H](C)[C@H](NC(=O)[C@@H](NC(=O)CNC(=O)CN)C(C)C)C(=O)N[C@H](C(=O)N[C@@H](CCC(N)=O)C(=O)N1CCC[C@H]1C(=O)NCC(=O)O)C(C)C. The Morgan fingerprint density at radius 1 is 0.765 bits per heavy atom. The highest BCUT2D eigenvalue weighted by atomic mass is 16.4. The lowest BCUT2D eigenvalue weighted by molar-refractivity contribution is -0.143. The normalized spacial score (nSPS) is 17.0. The summed E-state index contributed by atoms with van der Waals surface area (Å²) in [6, 6.07) is -5.74. The molecule has 0 aromatic carbocycles. The lowest BCUT2D eigenvalue weighted by atomic mass is 9.95. The lowest BCUT2D eigenvalue weighted by Gasteiger charge is -2.32. The summed E-state index contributed by atoms with van der Waals surface area (Å²) >= 11 is 0. The van der Waals surface area contributed by atoms with Gasteiger partial charge in [0.25, 0.3) is 0 Å². The molecule has 0 saturated carbocycles. The average molecular weight is 726 g/mol. The van der Waals surface area contributed by atoms with E-state index < -0.39 is 114 Å². The Morgan fingerprint density at radius 2 is 1.31 bits per heavy atom. The van der Waals surface area contributed by atoms with Crippen molar-refractivity contribution in [3.05, 3.63) is 0 Å². The Kier molecular flexibility index (Phi) is 18.6. The molecule has 0 bridgehead atoms. The summed E-state index contributed by atoms with van der Waals surface area (Å²) in [5.74, 6) is -8.07. The number of nitrogens with one attached hydrogen (secondary N) is 6. The fraction of sp³-hybridized carbons (Fsp3) is 0.719. The van der Waals surface area contributed by atoms with Crippen molar-refractivity contribution in [2.45, 2.75) is 104 Å². The van der Waals surface area contributed by atoms with Crippen LogP contribution in [0.3, 0.4) is 0 Å². The molecule has 1 fully saturated rings. The molecule has 0 spiro atoms. The highest BCUT2D eigenvalue weighted by molar-refractivity contribution is 5.97. The quantitative estimate of drug-likeness (QED) is 0.0568. The van der Waals surface area contributed by atoms with E-state index in [1.165, 1.54) is 4.90 Å². The van der Waals surface area contributed by atoms with Gasteiger partial charge in [-0.15, -0.1) is 0 Å². The second-order valence-corrected chi connectivity index (χ2v) is 13.2. The van der Waals surface area contributed by atoms with E-state index in [2.05, 4.69) is 31.9 Å². The summed E-state index contributed by atoms with van der Waals surface area (Å²) in [7, 11) is 0. The number of amides is 8. The monoisotopic (exact) mass is 725 g/mol. The van der Waals surface area contributed by atoms with Gasteiger partial charge in [-0.1, -0.05) is 48.0 Å². The predicted molar refractivity (Wildman–Crippen MR) is 183 cm³/mol. The molecule has 1 heterocycles. The van der Waals surface area contributed by atoms with Crippen LogP contribution in [0.1, 0.15) is 73.6 Å². The second-order valence-electron chi connectivity index (χ2n) is 13.2. The lowest BCUT2D eigenvalue weighted by Crippen LogP contribution is -2.61. The van der Waals surface area contributed by atoms with Gasteiger partial charge < -0.3 is 53.4 Å². The van der Waals surface area contributed by atoms with Gasteiger partial charge in [-0.2, -0.15) is 0 Å². The number of nitrogens with zero attached hydrogens (tertiary/aromatic N) is 1. The minimum atomic E-state index is -1.31. The summed E-state index contributed by atoms with van der Waals surface area (Å²) < 4.78 is 0. The molecule has 1 aliphatic rings. The van der Waals surface area contributed by atoms with Crippen LogP contribution >= 0.6 is 0 Å². The zero-order chi connectivity index (χ0) is 39.0. The van der Waals surface area contributed by atoms with E-state index in [1.807, 2.05) is 0 Å². The Hall–Kier alpha value is -4.81. The van der Waals surface area contributed by atoms with Crippen molar-refractivity contribution in [1.29, 1.82) is 0 Å². The number of hydrogen-bond donors (Lipinski definition) is 9. The number of carboxylic acid groups (broad SMARTS) is 1. The molecule has 1 aliphatic heterocycles. The molecule has 1 rings (SSSR count). The average Bonchev–Trinajstić information content (AvgIpc) is 3.56. The molecule has 0 aliphatic carbocycles. The molecule has 0 unspecified atom stereocenters. The van der Waals surface area contributed by atoms with Crippen LogP contribution < -0.4 is 43.4 Å². The first-order valence-corrected chi connectivity index (χ1v) is 17.1. The number of likely N-dealkylation sites (tertiary alicyclic amines) is 1. The first kappa shape index (κ1) is 44.2.